The number of anilines is 1. The van der Waals surface area contributed by atoms with Gasteiger partial charge in [0.25, 0.3) is 5.69 Å². The van der Waals surface area contributed by atoms with E-state index in [-0.39, 0.29) is 5.69 Å². The second kappa shape index (κ2) is 4.79. The second-order valence-electron chi connectivity index (χ2n) is 3.93. The monoisotopic (exact) mass is 256 g/mol. The first-order valence-corrected chi connectivity index (χ1v) is 5.78. The first kappa shape index (κ1) is 12.0. The summed E-state index contributed by atoms with van der Waals surface area (Å²) in [6.07, 6.45) is 2.08. The van der Waals surface area contributed by atoms with Crippen molar-refractivity contribution in [3.63, 3.8) is 0 Å². The van der Waals surface area contributed by atoms with E-state index in [1.165, 1.54) is 13.2 Å². The fourth-order valence-electron chi connectivity index (χ4n) is 2.07. The molecule has 6 heteroatoms. The largest absolute Gasteiger partial charge is 0.496 e. The van der Waals surface area contributed by atoms with Crippen molar-refractivity contribution in [2.24, 2.45) is 0 Å². The Morgan fingerprint density at radius 2 is 2.06 bits per heavy atom. The van der Waals surface area contributed by atoms with Crippen LogP contribution in [-0.2, 0) is 0 Å². The summed E-state index contributed by atoms with van der Waals surface area (Å²) >= 11 is 6.11. The molecule has 0 aromatic heterocycles. The van der Waals surface area contributed by atoms with Gasteiger partial charge in [0.05, 0.1) is 23.1 Å². The maximum atomic E-state index is 11.1. The third kappa shape index (κ3) is 2.29. The van der Waals surface area contributed by atoms with E-state index >= 15 is 0 Å². The molecule has 1 aliphatic rings. The topological polar surface area (TPSA) is 55.6 Å². The molecular formula is C11H13ClN2O3. The normalized spacial score (nSPS) is 15.1. The van der Waals surface area contributed by atoms with Crippen molar-refractivity contribution in [2.45, 2.75) is 12.8 Å². The van der Waals surface area contributed by atoms with Crippen LogP contribution in [0.15, 0.2) is 12.1 Å². The lowest BCUT2D eigenvalue weighted by Gasteiger charge is -2.19. The molecule has 92 valence electrons. The van der Waals surface area contributed by atoms with Gasteiger partial charge < -0.3 is 9.64 Å². The van der Waals surface area contributed by atoms with Gasteiger partial charge in [-0.1, -0.05) is 11.6 Å². The Hall–Kier alpha value is -1.49. The molecule has 0 unspecified atom stereocenters. The number of nitro groups is 1. The zero-order chi connectivity index (χ0) is 12.4. The number of rotatable bonds is 3. The summed E-state index contributed by atoms with van der Waals surface area (Å²) in [4.78, 5) is 12.6. The van der Waals surface area contributed by atoms with E-state index in [1.54, 1.807) is 6.07 Å². The number of hydrogen-bond donors (Lipinski definition) is 0. The summed E-state index contributed by atoms with van der Waals surface area (Å²) in [5.74, 6) is 0.407. The maximum Gasteiger partial charge on any atom is 0.297 e. The number of halogens is 1. The molecule has 0 atom stereocenters. The molecule has 1 aromatic rings. The smallest absolute Gasteiger partial charge is 0.297 e. The van der Waals surface area contributed by atoms with Crippen LogP contribution in [0.3, 0.4) is 0 Å². The number of ether oxygens (including phenoxy) is 1. The van der Waals surface area contributed by atoms with Gasteiger partial charge in [-0.25, -0.2) is 0 Å². The van der Waals surface area contributed by atoms with Gasteiger partial charge in [-0.2, -0.15) is 0 Å². The lowest BCUT2D eigenvalue weighted by molar-refractivity contribution is -0.384. The van der Waals surface area contributed by atoms with Crippen molar-refractivity contribution in [1.82, 2.24) is 0 Å². The first-order valence-electron chi connectivity index (χ1n) is 5.40. The Morgan fingerprint density at radius 1 is 1.41 bits per heavy atom. The Kier molecular flexibility index (Phi) is 3.38. The molecule has 5 nitrogen and oxygen atoms in total. The molecule has 2 rings (SSSR count). The Bertz CT molecular complexity index is 445. The third-order valence-corrected chi connectivity index (χ3v) is 3.16. The molecule has 1 fully saturated rings. The summed E-state index contributed by atoms with van der Waals surface area (Å²) in [5, 5.41) is 11.4. The van der Waals surface area contributed by atoms with Crippen molar-refractivity contribution < 1.29 is 9.66 Å². The third-order valence-electron chi connectivity index (χ3n) is 2.87. The summed E-state index contributed by atoms with van der Waals surface area (Å²) in [5.41, 5.74) is 0.520. The van der Waals surface area contributed by atoms with Crippen molar-refractivity contribution in [1.29, 1.82) is 0 Å². The van der Waals surface area contributed by atoms with E-state index < -0.39 is 4.92 Å². The molecule has 0 saturated carbocycles. The number of methoxy groups -OCH3 is 1. The van der Waals surface area contributed by atoms with Gasteiger partial charge >= 0.3 is 0 Å². The maximum absolute atomic E-state index is 11.1. The van der Waals surface area contributed by atoms with Crippen molar-refractivity contribution in [3.8, 4) is 5.75 Å². The molecule has 0 spiro atoms. The minimum atomic E-state index is -0.415. The van der Waals surface area contributed by atoms with Crippen molar-refractivity contribution in [2.75, 3.05) is 25.1 Å². The standard InChI is InChI=1S/C11H13ClN2O3/c1-17-8-6-9(12)11(10(7-8)14(15)16)13-4-2-3-5-13/h6-7H,2-5H2,1H3. The molecule has 0 amide bonds. The fraction of sp³-hybridized carbons (Fsp3) is 0.455. The highest BCUT2D eigenvalue weighted by Gasteiger charge is 2.26. The van der Waals surface area contributed by atoms with Crippen molar-refractivity contribution >= 4 is 23.0 Å². The minimum absolute atomic E-state index is 0.0104. The van der Waals surface area contributed by atoms with E-state index in [9.17, 15) is 10.1 Å². The summed E-state index contributed by atoms with van der Waals surface area (Å²) in [6, 6.07) is 3.03. The Morgan fingerprint density at radius 3 is 2.59 bits per heavy atom. The van der Waals surface area contributed by atoms with Gasteiger partial charge in [-0.15, -0.1) is 0 Å². The van der Waals surface area contributed by atoms with E-state index in [0.29, 0.717) is 16.5 Å². The van der Waals surface area contributed by atoms with E-state index in [1.807, 2.05) is 4.90 Å². The average Bonchev–Trinajstić information content (AvgIpc) is 2.80. The molecular weight excluding hydrogens is 244 g/mol. The molecule has 0 bridgehead atoms. The van der Waals surface area contributed by atoms with Gasteiger partial charge in [-0.3, -0.25) is 10.1 Å². The molecule has 0 aliphatic carbocycles. The Balaban J connectivity index is 2.51. The van der Waals surface area contributed by atoms with Crippen LogP contribution in [0, 0.1) is 10.1 Å². The predicted octanol–water partition coefficient (Wildman–Crippen LogP) is 2.86. The first-order chi connectivity index (χ1) is 8.13. The highest BCUT2D eigenvalue weighted by Crippen LogP contribution is 2.40. The lowest BCUT2D eigenvalue weighted by Crippen LogP contribution is -2.19. The van der Waals surface area contributed by atoms with Crippen LogP contribution in [0.25, 0.3) is 0 Å². The Labute approximate surface area is 104 Å². The molecule has 0 radical (unpaired) electrons. The average molecular weight is 257 g/mol. The van der Waals surface area contributed by atoms with Crippen LogP contribution in [-0.4, -0.2) is 25.1 Å². The number of benzene rings is 1. The van der Waals surface area contributed by atoms with E-state index in [4.69, 9.17) is 16.3 Å². The van der Waals surface area contributed by atoms with Crippen LogP contribution in [0.4, 0.5) is 11.4 Å². The van der Waals surface area contributed by atoms with E-state index in [2.05, 4.69) is 0 Å². The van der Waals surface area contributed by atoms with Crippen LogP contribution < -0.4 is 9.64 Å². The zero-order valence-electron chi connectivity index (χ0n) is 9.48. The molecule has 0 N–H and O–H groups in total. The SMILES string of the molecule is COc1cc(Cl)c(N2CCCC2)c([N+](=O)[O-])c1. The highest BCUT2D eigenvalue weighted by molar-refractivity contribution is 6.34. The van der Waals surface area contributed by atoms with E-state index in [0.717, 1.165) is 25.9 Å². The zero-order valence-corrected chi connectivity index (χ0v) is 10.2. The second-order valence-corrected chi connectivity index (χ2v) is 4.34. The number of hydrogen-bond acceptors (Lipinski definition) is 4. The molecule has 1 saturated heterocycles. The summed E-state index contributed by atoms with van der Waals surface area (Å²) < 4.78 is 5.00. The molecule has 1 aromatic carbocycles. The van der Waals surface area contributed by atoms with Gasteiger partial charge in [-0.05, 0) is 12.8 Å². The number of nitro benzene ring substituents is 1. The molecule has 1 heterocycles. The van der Waals surface area contributed by atoms with Gasteiger partial charge in [0, 0.05) is 19.2 Å². The molecule has 17 heavy (non-hydrogen) atoms. The quantitative estimate of drug-likeness (QED) is 0.616. The van der Waals surface area contributed by atoms with Gasteiger partial charge in [0.15, 0.2) is 0 Å². The fourth-order valence-corrected chi connectivity index (χ4v) is 2.40. The number of nitrogens with zero attached hydrogens (tertiary/aromatic N) is 2. The van der Waals surface area contributed by atoms with Gasteiger partial charge in [0.2, 0.25) is 0 Å². The van der Waals surface area contributed by atoms with Crippen LogP contribution in [0.1, 0.15) is 12.8 Å². The highest BCUT2D eigenvalue weighted by atomic mass is 35.5. The summed E-state index contributed by atoms with van der Waals surface area (Å²) in [7, 11) is 1.46. The summed E-state index contributed by atoms with van der Waals surface area (Å²) in [6.45, 7) is 1.62. The van der Waals surface area contributed by atoms with Crippen LogP contribution >= 0.6 is 11.6 Å². The minimum Gasteiger partial charge on any atom is -0.496 e. The lowest BCUT2D eigenvalue weighted by atomic mass is 10.2. The van der Waals surface area contributed by atoms with Crippen LogP contribution in [0.5, 0.6) is 5.75 Å². The molecule has 1 aliphatic heterocycles. The predicted molar refractivity (Wildman–Crippen MR) is 66.1 cm³/mol. The van der Waals surface area contributed by atoms with Crippen molar-refractivity contribution in [3.05, 3.63) is 27.3 Å². The van der Waals surface area contributed by atoms with Crippen LogP contribution in [0.2, 0.25) is 5.02 Å². The van der Waals surface area contributed by atoms with Gasteiger partial charge in [0.1, 0.15) is 11.4 Å².